The summed E-state index contributed by atoms with van der Waals surface area (Å²) >= 11 is 0. The summed E-state index contributed by atoms with van der Waals surface area (Å²) in [7, 11) is -3.89. The third-order valence-corrected chi connectivity index (χ3v) is 4.17. The fourth-order valence-corrected chi connectivity index (χ4v) is 3.19. The molecule has 1 heterocycles. The summed E-state index contributed by atoms with van der Waals surface area (Å²) in [6.07, 6.45) is 0.791. The first-order chi connectivity index (χ1) is 9.86. The second-order valence-corrected chi connectivity index (χ2v) is 6.68. The maximum absolute atomic E-state index is 11.7. The molecule has 2 N–H and O–H groups in total. The Morgan fingerprint density at radius 1 is 1.19 bits per heavy atom. The molecule has 0 radical (unpaired) electrons. The average molecular weight is 308 g/mol. The van der Waals surface area contributed by atoms with Crippen LogP contribution in [0, 0.1) is 0 Å². The number of nitrogens with two attached hydrogens (primary N) is 1. The predicted octanol–water partition coefficient (Wildman–Crippen LogP) is 2.05. The van der Waals surface area contributed by atoms with Crippen molar-refractivity contribution in [1.29, 1.82) is 0 Å². The summed E-state index contributed by atoms with van der Waals surface area (Å²) in [5, 5.41) is 13.0. The first kappa shape index (κ1) is 15.7. The molecular formula is C14H20N4O2S. The Labute approximate surface area is 125 Å². The van der Waals surface area contributed by atoms with E-state index < -0.39 is 10.0 Å². The number of benzene rings is 1. The van der Waals surface area contributed by atoms with Gasteiger partial charge in [0.1, 0.15) is 5.82 Å². The molecule has 0 fully saturated rings. The molecule has 0 amide bonds. The van der Waals surface area contributed by atoms with E-state index in [1.165, 1.54) is 0 Å². The molecule has 0 aliphatic carbocycles. The van der Waals surface area contributed by atoms with Gasteiger partial charge in [-0.15, -0.1) is 10.2 Å². The molecule has 0 saturated carbocycles. The summed E-state index contributed by atoms with van der Waals surface area (Å²) in [4.78, 5) is 0. The van der Waals surface area contributed by atoms with Crippen LogP contribution in [0.1, 0.15) is 50.5 Å². The Bertz CT molecular complexity index is 708. The van der Waals surface area contributed by atoms with Gasteiger partial charge in [0.05, 0.1) is 0 Å². The lowest BCUT2D eigenvalue weighted by atomic mass is 9.95. The SMILES string of the molecule is CCC(c1ccccc1)c1nnc(S(N)(=O)=O)n1C(C)C. The smallest absolute Gasteiger partial charge is 0.273 e. The van der Waals surface area contributed by atoms with Crippen molar-refractivity contribution in [3.63, 3.8) is 0 Å². The Hall–Kier alpha value is -1.73. The zero-order chi connectivity index (χ0) is 15.6. The van der Waals surface area contributed by atoms with Crippen molar-refractivity contribution in [2.45, 2.75) is 44.3 Å². The third kappa shape index (κ3) is 3.14. The zero-order valence-corrected chi connectivity index (χ0v) is 13.2. The first-order valence-electron chi connectivity index (χ1n) is 6.88. The van der Waals surface area contributed by atoms with Gasteiger partial charge in [-0.3, -0.25) is 4.57 Å². The van der Waals surface area contributed by atoms with Gasteiger partial charge in [0, 0.05) is 12.0 Å². The Balaban J connectivity index is 2.61. The highest BCUT2D eigenvalue weighted by molar-refractivity contribution is 7.89. The maximum atomic E-state index is 11.7. The molecule has 2 rings (SSSR count). The van der Waals surface area contributed by atoms with Crippen LogP contribution in [-0.2, 0) is 10.0 Å². The van der Waals surface area contributed by atoms with Crippen molar-refractivity contribution in [1.82, 2.24) is 14.8 Å². The molecule has 21 heavy (non-hydrogen) atoms. The van der Waals surface area contributed by atoms with Gasteiger partial charge in [-0.05, 0) is 25.8 Å². The van der Waals surface area contributed by atoms with Crippen molar-refractivity contribution >= 4 is 10.0 Å². The van der Waals surface area contributed by atoms with Crippen LogP contribution in [0.2, 0.25) is 0 Å². The molecule has 1 aromatic carbocycles. The Morgan fingerprint density at radius 3 is 2.29 bits per heavy atom. The van der Waals surface area contributed by atoms with Crippen LogP contribution in [0.25, 0.3) is 0 Å². The molecular weight excluding hydrogens is 288 g/mol. The molecule has 1 unspecified atom stereocenters. The van der Waals surface area contributed by atoms with Crippen LogP contribution in [0.4, 0.5) is 0 Å². The van der Waals surface area contributed by atoms with Crippen molar-refractivity contribution < 1.29 is 8.42 Å². The van der Waals surface area contributed by atoms with Crippen LogP contribution in [0.5, 0.6) is 0 Å². The zero-order valence-electron chi connectivity index (χ0n) is 12.4. The number of hydrogen-bond donors (Lipinski definition) is 1. The average Bonchev–Trinajstić information content (AvgIpc) is 2.86. The standard InChI is InChI=1S/C14H20N4O2S/c1-4-12(11-8-6-5-7-9-11)13-16-17-14(21(15,19)20)18(13)10(2)3/h5-10,12H,4H2,1-3H3,(H2,15,19,20). The monoisotopic (exact) mass is 308 g/mol. The minimum atomic E-state index is -3.89. The number of primary sulfonamides is 1. The van der Waals surface area contributed by atoms with Crippen LogP contribution in [-0.4, -0.2) is 23.2 Å². The van der Waals surface area contributed by atoms with Gasteiger partial charge >= 0.3 is 0 Å². The van der Waals surface area contributed by atoms with Gasteiger partial charge in [0.15, 0.2) is 0 Å². The molecule has 1 atom stereocenters. The van der Waals surface area contributed by atoms with Crippen molar-refractivity contribution in [3.05, 3.63) is 41.7 Å². The van der Waals surface area contributed by atoms with Gasteiger partial charge in [-0.25, -0.2) is 13.6 Å². The van der Waals surface area contributed by atoms with Gasteiger partial charge < -0.3 is 0 Å². The van der Waals surface area contributed by atoms with E-state index in [2.05, 4.69) is 10.2 Å². The number of aromatic nitrogens is 3. The van der Waals surface area contributed by atoms with E-state index >= 15 is 0 Å². The normalized spacial score (nSPS) is 13.6. The highest BCUT2D eigenvalue weighted by Gasteiger charge is 2.27. The molecule has 0 bridgehead atoms. The van der Waals surface area contributed by atoms with E-state index in [1.54, 1.807) is 4.57 Å². The third-order valence-electron chi connectivity index (χ3n) is 3.38. The van der Waals surface area contributed by atoms with Gasteiger partial charge in [-0.2, -0.15) is 0 Å². The topological polar surface area (TPSA) is 90.9 Å². The number of sulfonamides is 1. The predicted molar refractivity (Wildman–Crippen MR) is 80.4 cm³/mol. The summed E-state index contributed by atoms with van der Waals surface area (Å²) in [6.45, 7) is 5.81. The minimum Gasteiger partial charge on any atom is -0.298 e. The van der Waals surface area contributed by atoms with Gasteiger partial charge in [0.25, 0.3) is 15.2 Å². The van der Waals surface area contributed by atoms with Crippen LogP contribution in [0.3, 0.4) is 0 Å². The molecule has 114 valence electrons. The van der Waals surface area contributed by atoms with E-state index in [0.717, 1.165) is 12.0 Å². The lowest BCUT2D eigenvalue weighted by molar-refractivity contribution is 0.491. The van der Waals surface area contributed by atoms with Crippen molar-refractivity contribution in [2.75, 3.05) is 0 Å². The quantitative estimate of drug-likeness (QED) is 0.915. The lowest BCUT2D eigenvalue weighted by Crippen LogP contribution is -2.21. The molecule has 0 saturated heterocycles. The highest BCUT2D eigenvalue weighted by atomic mass is 32.2. The molecule has 0 aliphatic heterocycles. The van der Waals surface area contributed by atoms with E-state index in [9.17, 15) is 8.42 Å². The second-order valence-electron chi connectivity index (χ2n) is 5.22. The minimum absolute atomic E-state index is 0.0170. The molecule has 1 aromatic heterocycles. The number of rotatable bonds is 5. The summed E-state index contributed by atoms with van der Waals surface area (Å²) in [6, 6.07) is 9.76. The highest BCUT2D eigenvalue weighted by Crippen LogP contribution is 2.29. The Morgan fingerprint density at radius 2 is 1.81 bits per heavy atom. The van der Waals surface area contributed by atoms with E-state index in [-0.39, 0.29) is 17.1 Å². The molecule has 0 aliphatic rings. The van der Waals surface area contributed by atoms with Crippen LogP contribution in [0.15, 0.2) is 35.5 Å². The van der Waals surface area contributed by atoms with Gasteiger partial charge in [0.2, 0.25) is 0 Å². The first-order valence-corrected chi connectivity index (χ1v) is 8.43. The maximum Gasteiger partial charge on any atom is 0.273 e. The van der Waals surface area contributed by atoms with Crippen molar-refractivity contribution in [3.8, 4) is 0 Å². The largest absolute Gasteiger partial charge is 0.298 e. The van der Waals surface area contributed by atoms with E-state index in [1.807, 2.05) is 51.1 Å². The van der Waals surface area contributed by atoms with Crippen molar-refractivity contribution in [2.24, 2.45) is 5.14 Å². The number of hydrogen-bond acceptors (Lipinski definition) is 4. The molecule has 0 spiro atoms. The second kappa shape index (κ2) is 5.95. The van der Waals surface area contributed by atoms with Gasteiger partial charge in [-0.1, -0.05) is 37.3 Å². The van der Waals surface area contributed by atoms with Crippen LogP contribution >= 0.6 is 0 Å². The fraction of sp³-hybridized carbons (Fsp3) is 0.429. The van der Waals surface area contributed by atoms with E-state index in [0.29, 0.717) is 5.82 Å². The summed E-state index contributed by atoms with van der Waals surface area (Å²) in [5.41, 5.74) is 1.08. The lowest BCUT2D eigenvalue weighted by Gasteiger charge is -2.19. The summed E-state index contributed by atoms with van der Waals surface area (Å²) in [5.74, 6) is 0.610. The Kier molecular flexibility index (Phi) is 4.43. The molecule has 2 aromatic rings. The molecule has 7 heteroatoms. The molecule has 6 nitrogen and oxygen atoms in total. The number of nitrogens with zero attached hydrogens (tertiary/aromatic N) is 3. The van der Waals surface area contributed by atoms with E-state index in [4.69, 9.17) is 5.14 Å². The fourth-order valence-electron chi connectivity index (χ4n) is 2.46. The summed E-state index contributed by atoms with van der Waals surface area (Å²) < 4.78 is 25.0. The van der Waals surface area contributed by atoms with Crippen LogP contribution < -0.4 is 5.14 Å².